The average molecular weight is 1660 g/mol. The molecule has 588 valence electrons. The van der Waals surface area contributed by atoms with Gasteiger partial charge in [-0.05, 0) is 217 Å². The maximum atomic E-state index is 11.0. The maximum Gasteiger partial charge on any atom is 0.127 e. The summed E-state index contributed by atoms with van der Waals surface area (Å²) in [5, 5.41) is 79.2. The standard InChI is InChI=1S/C22H32NOP.C19H26NOP.2C16H20NOP.C15H18NOP.5ClH/c1-21(2,3)16-12-17(22(4,5)6)20(24)19(13-16)25-18-11-9-8-10-15(18)14-23-7;1-13-10-15(19(2,3)4)11-17(18(13)21)22-16-9-7-6-8-14(16)12-20-5;1-11-6-5-9-14(15(11)18)19-16-12(2)7-4-8-13(16)10-17-3;1-11-7-8-14(18)15(9-11)19-16-12(2)5-4-6-13(16)10-17-3;1-11-6-5-7-12(10-16-2)15(11)18-14-9-4-3-8-13(14)17;;;;;/h8-13,23-25H,14H2,1-7H3;6-11,20-22H,12H2,1-5H3;2*4-9,17-19H,10H2,1-3H3;3-9,16-18H,10H2,1-2H3;5*1H. The van der Waals surface area contributed by atoms with Crippen LogP contribution in [0.2, 0.25) is 0 Å². The summed E-state index contributed by atoms with van der Waals surface area (Å²) in [5.41, 5.74) is 17.1. The predicted molar refractivity (Wildman–Crippen MR) is 495 cm³/mol. The van der Waals surface area contributed by atoms with Crippen LogP contribution >= 0.6 is 105 Å². The van der Waals surface area contributed by atoms with Crippen LogP contribution in [0.25, 0.3) is 0 Å². The van der Waals surface area contributed by atoms with E-state index in [9.17, 15) is 25.5 Å². The fourth-order valence-corrected chi connectivity index (χ4v) is 18.2. The van der Waals surface area contributed by atoms with Crippen molar-refractivity contribution in [2.24, 2.45) is 0 Å². The van der Waals surface area contributed by atoms with Crippen LogP contribution in [0.15, 0.2) is 188 Å². The lowest BCUT2D eigenvalue weighted by molar-refractivity contribution is 0.449. The van der Waals surface area contributed by atoms with Gasteiger partial charge in [0.05, 0.1) is 0 Å². The fourth-order valence-electron chi connectivity index (χ4n) is 11.5. The largest absolute Gasteiger partial charge is 0.507 e. The van der Waals surface area contributed by atoms with Gasteiger partial charge >= 0.3 is 0 Å². The van der Waals surface area contributed by atoms with E-state index in [4.69, 9.17) is 0 Å². The number of para-hydroxylation sites is 2. The van der Waals surface area contributed by atoms with Crippen molar-refractivity contribution in [1.82, 2.24) is 26.6 Å². The third-order valence-electron chi connectivity index (χ3n) is 17.5. The van der Waals surface area contributed by atoms with Crippen LogP contribution in [-0.4, -0.2) is 60.8 Å². The van der Waals surface area contributed by atoms with Gasteiger partial charge in [-0.1, -0.05) is 269 Å². The van der Waals surface area contributed by atoms with Crippen LogP contribution in [-0.2, 0) is 49.0 Å². The van der Waals surface area contributed by atoms with Gasteiger partial charge in [-0.3, -0.25) is 0 Å². The number of aryl methyl sites for hydroxylation is 6. The molecule has 0 aliphatic rings. The summed E-state index contributed by atoms with van der Waals surface area (Å²) in [5.74, 6) is 2.10. The molecule has 0 aliphatic carbocycles. The Morgan fingerprint density at radius 1 is 0.269 bits per heavy atom. The molecule has 0 saturated carbocycles. The lowest BCUT2D eigenvalue weighted by atomic mass is 9.80. The van der Waals surface area contributed by atoms with Crippen molar-refractivity contribution < 1.29 is 25.5 Å². The quantitative estimate of drug-likeness (QED) is 0.0333. The van der Waals surface area contributed by atoms with Crippen LogP contribution in [0.5, 0.6) is 28.7 Å². The van der Waals surface area contributed by atoms with Gasteiger partial charge < -0.3 is 52.1 Å². The molecule has 20 heteroatoms. The third-order valence-corrected chi connectivity index (χ3v) is 25.3. The second-order valence-electron chi connectivity index (χ2n) is 29.3. The van der Waals surface area contributed by atoms with E-state index in [1.807, 2.05) is 91.6 Å². The Morgan fingerprint density at radius 2 is 0.593 bits per heavy atom. The second-order valence-corrected chi connectivity index (χ2v) is 35.8. The molecule has 0 amide bonds. The summed E-state index contributed by atoms with van der Waals surface area (Å²) in [7, 11) is 12.2. The number of hydrogen-bond donors (Lipinski definition) is 10. The Morgan fingerprint density at radius 3 is 1.01 bits per heavy atom. The van der Waals surface area contributed by atoms with E-state index in [1.165, 1.54) is 87.7 Å². The summed E-state index contributed by atoms with van der Waals surface area (Å²) in [6.07, 6.45) is 0. The minimum Gasteiger partial charge on any atom is -0.507 e. The van der Waals surface area contributed by atoms with Gasteiger partial charge in [0.25, 0.3) is 0 Å². The van der Waals surface area contributed by atoms with Crippen LogP contribution in [0.3, 0.4) is 0 Å². The van der Waals surface area contributed by atoms with Crippen LogP contribution in [0, 0.1) is 41.5 Å². The lowest BCUT2D eigenvalue weighted by Crippen LogP contribution is -2.21. The van der Waals surface area contributed by atoms with E-state index in [2.05, 4.69) is 250 Å². The zero-order valence-corrected chi connectivity index (χ0v) is 75.8. The van der Waals surface area contributed by atoms with Gasteiger partial charge in [0, 0.05) is 64.8 Å². The molecule has 0 bridgehead atoms. The molecule has 108 heavy (non-hydrogen) atoms. The minimum atomic E-state index is -0.0882. The van der Waals surface area contributed by atoms with Crippen molar-refractivity contribution in [3.8, 4) is 28.7 Å². The molecule has 10 N–H and O–H groups in total. The van der Waals surface area contributed by atoms with Gasteiger partial charge in [-0.25, -0.2) is 0 Å². The molecule has 0 fully saturated rings. The van der Waals surface area contributed by atoms with Crippen LogP contribution < -0.4 is 79.6 Å². The zero-order chi connectivity index (χ0) is 75.8. The molecule has 10 aromatic rings. The van der Waals surface area contributed by atoms with E-state index >= 15 is 0 Å². The molecule has 0 saturated heterocycles. The third kappa shape index (κ3) is 30.3. The van der Waals surface area contributed by atoms with Crippen LogP contribution in [0.1, 0.15) is 140 Å². The SMILES string of the molecule is CNCc1cccc(C)c1Pc1cc(C)ccc1O.CNCc1cccc(C)c1Pc1cccc(C)c1O.CNCc1cccc(C)c1Pc1ccccc1O.CNCc1ccccc1Pc1cc(C(C)(C)C)cc(C(C)(C)C)c1O.CNCc1ccccc1Pc1cc(C(C)(C)C)cc(C)c1O.Cl.Cl.Cl.Cl.Cl. The fraction of sp³-hybridized carbons (Fsp3) is 0.318. The van der Waals surface area contributed by atoms with Crippen molar-refractivity contribution in [1.29, 1.82) is 0 Å². The zero-order valence-electron chi connectivity index (χ0n) is 66.7. The van der Waals surface area contributed by atoms with Gasteiger partial charge in [0.2, 0.25) is 0 Å². The van der Waals surface area contributed by atoms with Gasteiger partial charge in [-0.2, -0.15) is 0 Å². The Kier molecular flexibility index (Phi) is 45.2. The van der Waals surface area contributed by atoms with Gasteiger partial charge in [0.15, 0.2) is 0 Å². The molecule has 10 aromatic carbocycles. The first kappa shape index (κ1) is 101. The average Bonchev–Trinajstić information content (AvgIpc) is 0.796. The van der Waals surface area contributed by atoms with E-state index < -0.39 is 0 Å². The van der Waals surface area contributed by atoms with Crippen molar-refractivity contribution in [3.63, 3.8) is 0 Å². The number of phenols is 5. The van der Waals surface area contributed by atoms with Crippen LogP contribution in [0.4, 0.5) is 0 Å². The summed E-state index contributed by atoms with van der Waals surface area (Å²) in [4.78, 5) is 0. The molecule has 0 aliphatic heterocycles. The molecule has 0 heterocycles. The number of nitrogens with one attached hydrogen (secondary N) is 5. The molecule has 0 radical (unpaired) electrons. The number of halogens is 5. The Balaban J connectivity index is 0.000000670. The molecule has 10 nitrogen and oxygen atoms in total. The number of aromatic hydroxyl groups is 5. The number of rotatable bonds is 20. The van der Waals surface area contributed by atoms with Crippen molar-refractivity contribution in [2.75, 3.05) is 35.2 Å². The molecule has 5 unspecified atom stereocenters. The van der Waals surface area contributed by atoms with Gasteiger partial charge in [-0.15, -0.1) is 62.0 Å². The molecule has 5 atom stereocenters. The summed E-state index contributed by atoms with van der Waals surface area (Å²) in [6, 6.07) is 64.0. The van der Waals surface area contributed by atoms with E-state index in [-0.39, 0.29) is 78.3 Å². The Bertz CT molecular complexity index is 4360. The first-order valence-corrected chi connectivity index (χ1v) is 40.4. The van der Waals surface area contributed by atoms with Crippen molar-refractivity contribution >= 4 is 158 Å². The normalized spacial score (nSPS) is 11.3. The van der Waals surface area contributed by atoms with Crippen molar-refractivity contribution in [2.45, 2.75) is 153 Å². The molecular formula is C88H121Cl5N5O5P5. The summed E-state index contributed by atoms with van der Waals surface area (Å²) in [6.45, 7) is 36.4. The molecule has 10 rings (SSSR count). The topological polar surface area (TPSA) is 161 Å². The van der Waals surface area contributed by atoms with Gasteiger partial charge in [0.1, 0.15) is 28.7 Å². The molecule has 0 spiro atoms. The van der Waals surface area contributed by atoms with E-state index in [1.54, 1.807) is 12.1 Å². The highest BCUT2D eigenvalue weighted by Gasteiger charge is 2.26. The van der Waals surface area contributed by atoms with E-state index in [0.29, 0.717) is 71.7 Å². The van der Waals surface area contributed by atoms with E-state index in [0.717, 1.165) is 75.9 Å². The predicted octanol–water partition coefficient (Wildman–Crippen LogP) is 16.6. The smallest absolute Gasteiger partial charge is 0.127 e. The number of hydrogen-bond acceptors (Lipinski definition) is 10. The number of phenolic OH excluding ortho intramolecular Hbond substituents is 5. The minimum absolute atomic E-state index is 0. The monoisotopic (exact) mass is 1660 g/mol. The number of benzene rings is 10. The van der Waals surface area contributed by atoms with Crippen molar-refractivity contribution in [3.05, 3.63) is 266 Å². The Labute approximate surface area is 687 Å². The lowest BCUT2D eigenvalue weighted by Gasteiger charge is -2.27. The summed E-state index contributed by atoms with van der Waals surface area (Å²) < 4.78 is 0. The summed E-state index contributed by atoms with van der Waals surface area (Å²) >= 11 is 0. The molecular weight excluding hydrogens is 1540 g/mol. The highest BCUT2D eigenvalue weighted by Crippen LogP contribution is 2.37. The highest BCUT2D eigenvalue weighted by molar-refractivity contribution is 7.57. The Hall–Kier alpha value is -5.40. The first-order valence-electron chi connectivity index (χ1n) is 35.4. The second kappa shape index (κ2) is 48.5. The maximum absolute atomic E-state index is 11.0. The first-order chi connectivity index (χ1) is 48.8. The molecule has 0 aromatic heterocycles. The highest BCUT2D eigenvalue weighted by atomic mass is 35.5.